The van der Waals surface area contributed by atoms with Crippen LogP contribution in [0.1, 0.15) is 61.7 Å². The van der Waals surface area contributed by atoms with Crippen LogP contribution in [-0.2, 0) is 9.47 Å². The fraction of sp³-hybridized carbons (Fsp3) is 0.488. The Morgan fingerprint density at radius 2 is 1.80 bits per heavy atom. The number of aromatic carboxylic acids is 1. The smallest absolute Gasteiger partial charge is 0.337 e. The fourth-order valence-corrected chi connectivity index (χ4v) is 8.97. The molecule has 1 saturated heterocycles. The first-order valence-corrected chi connectivity index (χ1v) is 23.8. The topological polar surface area (TPSA) is 92.5 Å². The Labute approximate surface area is 331 Å². The van der Waals surface area contributed by atoms with Gasteiger partial charge in [0.25, 0.3) is 0 Å². The number of carbonyl (C=O) groups is 1. The van der Waals surface area contributed by atoms with Crippen molar-refractivity contribution in [3.05, 3.63) is 82.5 Å². The van der Waals surface area contributed by atoms with Crippen molar-refractivity contribution < 1.29 is 24.1 Å². The summed E-state index contributed by atoms with van der Waals surface area (Å²) in [6.07, 6.45) is 5.44. The number of fused-ring (bicyclic) bond motifs is 2. The molecule has 2 aromatic heterocycles. The van der Waals surface area contributed by atoms with Crippen molar-refractivity contribution in [1.82, 2.24) is 14.5 Å². The number of hydrogen-bond acceptors (Lipinski definition) is 8. The molecule has 0 bridgehead atoms. The molecule has 2 atom stereocenters. The van der Waals surface area contributed by atoms with Crippen LogP contribution in [0.5, 0.6) is 5.88 Å². The van der Waals surface area contributed by atoms with E-state index in [0.717, 1.165) is 91.9 Å². The number of rotatable bonds is 12. The first-order chi connectivity index (χ1) is 26.3. The van der Waals surface area contributed by atoms with Crippen molar-refractivity contribution >= 4 is 59.3 Å². The molecule has 1 fully saturated rings. The highest BCUT2D eigenvalue weighted by atomic mass is 35.5. The number of aromatic nitrogens is 2. The molecule has 0 spiro atoms. The molecule has 4 aromatic rings. The van der Waals surface area contributed by atoms with Crippen molar-refractivity contribution in [1.29, 1.82) is 0 Å². The molecule has 0 amide bonds. The van der Waals surface area contributed by atoms with E-state index in [2.05, 4.69) is 77.0 Å². The summed E-state index contributed by atoms with van der Waals surface area (Å²) in [6, 6.07) is 19.2. The van der Waals surface area contributed by atoms with E-state index in [9.17, 15) is 9.90 Å². The van der Waals surface area contributed by atoms with Gasteiger partial charge < -0.3 is 33.7 Å². The number of anilines is 3. The van der Waals surface area contributed by atoms with Crippen LogP contribution in [0.15, 0.2) is 66.4 Å². The summed E-state index contributed by atoms with van der Waals surface area (Å²) in [5, 5.41) is 12.1. The molecule has 4 heterocycles. The fourth-order valence-electron chi connectivity index (χ4n) is 8.12. The number of ether oxygens (including phenoxy) is 3. The summed E-state index contributed by atoms with van der Waals surface area (Å²) >= 11 is 6.24. The van der Waals surface area contributed by atoms with E-state index in [1.807, 2.05) is 37.6 Å². The quantitative estimate of drug-likeness (QED) is 0.141. The minimum atomic E-state index is -1.22. The Morgan fingerprint density at radius 3 is 2.51 bits per heavy atom. The number of methoxy groups -OCH3 is 1. The second-order valence-electron chi connectivity index (χ2n) is 16.8. The molecular formula is C43H56ClN5O5Si. The molecule has 55 heavy (non-hydrogen) atoms. The number of hydrogen-bond donors (Lipinski definition) is 1. The summed E-state index contributed by atoms with van der Waals surface area (Å²) < 4.78 is 20.5. The van der Waals surface area contributed by atoms with Gasteiger partial charge in [-0.2, -0.15) is 4.98 Å². The monoisotopic (exact) mass is 785 g/mol. The van der Waals surface area contributed by atoms with Gasteiger partial charge in [-0.3, -0.25) is 4.90 Å². The van der Waals surface area contributed by atoms with Gasteiger partial charge in [0.2, 0.25) is 5.88 Å². The maximum Gasteiger partial charge on any atom is 0.337 e. The van der Waals surface area contributed by atoms with Gasteiger partial charge in [0.15, 0.2) is 0 Å². The molecule has 7 rings (SSSR count). The highest BCUT2D eigenvalue weighted by molar-refractivity contribution is 6.76. The van der Waals surface area contributed by atoms with Crippen LogP contribution in [0, 0.1) is 0 Å². The molecule has 10 nitrogen and oxygen atoms in total. The number of piperazine rings is 1. The third kappa shape index (κ3) is 8.91. The van der Waals surface area contributed by atoms with E-state index in [0.29, 0.717) is 31.3 Å². The lowest BCUT2D eigenvalue weighted by atomic mass is 9.79. The zero-order chi connectivity index (χ0) is 38.9. The lowest BCUT2D eigenvalue weighted by molar-refractivity contribution is -0.00391. The number of benzene rings is 2. The van der Waals surface area contributed by atoms with Crippen LogP contribution in [-0.4, -0.2) is 98.8 Å². The maximum atomic E-state index is 12.7. The molecule has 2 unspecified atom stereocenters. The number of allylic oxidation sites excluding steroid dienone is 1. The lowest BCUT2D eigenvalue weighted by Gasteiger charge is -2.40. The van der Waals surface area contributed by atoms with Crippen LogP contribution >= 0.6 is 11.6 Å². The molecule has 3 aliphatic rings. The predicted molar refractivity (Wildman–Crippen MR) is 225 cm³/mol. The number of carboxylic acid groups (broad SMARTS) is 1. The first kappa shape index (κ1) is 39.4. The van der Waals surface area contributed by atoms with Gasteiger partial charge in [0.05, 0.1) is 23.5 Å². The summed E-state index contributed by atoms with van der Waals surface area (Å²) in [6.45, 7) is 17.5. The Bertz CT molecular complexity index is 2040. The molecule has 2 aromatic carbocycles. The normalized spacial score (nSPS) is 20.3. The highest BCUT2D eigenvalue weighted by Gasteiger charge is 2.33. The minimum Gasteiger partial charge on any atom is -0.478 e. The van der Waals surface area contributed by atoms with Crippen molar-refractivity contribution in [3.63, 3.8) is 0 Å². The van der Waals surface area contributed by atoms with Crippen LogP contribution in [0.25, 0.3) is 16.6 Å². The van der Waals surface area contributed by atoms with Gasteiger partial charge in [0.1, 0.15) is 17.6 Å². The third-order valence-corrected chi connectivity index (χ3v) is 13.5. The van der Waals surface area contributed by atoms with Gasteiger partial charge in [-0.05, 0) is 105 Å². The molecule has 0 saturated carbocycles. The van der Waals surface area contributed by atoms with E-state index in [1.54, 1.807) is 6.07 Å². The van der Waals surface area contributed by atoms with E-state index in [1.165, 1.54) is 16.7 Å². The van der Waals surface area contributed by atoms with Gasteiger partial charge in [0, 0.05) is 83.4 Å². The largest absolute Gasteiger partial charge is 0.478 e. The second kappa shape index (κ2) is 16.3. The lowest BCUT2D eigenvalue weighted by Crippen LogP contribution is -2.47. The summed E-state index contributed by atoms with van der Waals surface area (Å²) in [7, 11) is 0.607. The number of halogens is 1. The average Bonchev–Trinajstić information content (AvgIpc) is 3.46. The highest BCUT2D eigenvalue weighted by Crippen LogP contribution is 2.42. The van der Waals surface area contributed by atoms with Crippen LogP contribution < -0.4 is 14.5 Å². The van der Waals surface area contributed by atoms with Crippen LogP contribution in [0.2, 0.25) is 30.7 Å². The van der Waals surface area contributed by atoms with E-state index in [-0.39, 0.29) is 17.4 Å². The molecule has 0 radical (unpaired) electrons. The molecule has 1 N–H and O–H groups in total. The molecule has 2 aliphatic heterocycles. The standard InChI is InChI=1S/C43H56ClN5O5Si/c1-30(53-24-25-55(4,5)6)48-18-15-32-26-39-41(45-40(32)48)54-23-7-17-49(39)38-27-35(12-13-37(38)42(50)51)47-21-19-46(20-22-47)29-33-28-43(2,52-3)16-14-36(33)31-8-10-34(44)11-9-31/h8-13,15,18,26-27,30H,7,14,16-17,19-25,28-29H2,1-6H3,(H,50,51). The summed E-state index contributed by atoms with van der Waals surface area (Å²) in [5.41, 5.74) is 7.42. The number of carboxylic acids is 1. The number of nitrogens with zero attached hydrogens (tertiary/aromatic N) is 5. The van der Waals surface area contributed by atoms with Gasteiger partial charge in [-0.15, -0.1) is 0 Å². The van der Waals surface area contributed by atoms with Crippen molar-refractivity contribution in [3.8, 4) is 5.88 Å². The Kier molecular flexibility index (Phi) is 11.7. The summed E-state index contributed by atoms with van der Waals surface area (Å²) in [4.78, 5) is 24.7. The Balaban J connectivity index is 1.11. The van der Waals surface area contributed by atoms with Gasteiger partial charge in [-0.1, -0.05) is 43.4 Å². The maximum absolute atomic E-state index is 12.7. The predicted octanol–water partition coefficient (Wildman–Crippen LogP) is 9.35. The first-order valence-electron chi connectivity index (χ1n) is 19.7. The Morgan fingerprint density at radius 1 is 1.04 bits per heavy atom. The molecular weight excluding hydrogens is 730 g/mol. The SMILES string of the molecule is COC1(C)CCC(c2ccc(Cl)cc2)=C(CN2CCN(c3ccc(C(=O)O)c(N4CCCOc5nc6c(ccn6C(C)OCC[Si](C)(C)C)cc54)c3)CC2)C1. The van der Waals surface area contributed by atoms with E-state index in [4.69, 9.17) is 30.8 Å². The number of pyridine rings is 1. The second-order valence-corrected chi connectivity index (χ2v) is 22.8. The van der Waals surface area contributed by atoms with Gasteiger partial charge >= 0.3 is 5.97 Å². The van der Waals surface area contributed by atoms with Crippen LogP contribution in [0.4, 0.5) is 17.1 Å². The van der Waals surface area contributed by atoms with E-state index >= 15 is 0 Å². The molecule has 12 heteroatoms. The van der Waals surface area contributed by atoms with Gasteiger partial charge in [-0.25, -0.2) is 4.79 Å². The van der Waals surface area contributed by atoms with Crippen molar-refractivity contribution in [2.75, 3.05) is 69.4 Å². The van der Waals surface area contributed by atoms with E-state index < -0.39 is 14.0 Å². The van der Waals surface area contributed by atoms with Crippen LogP contribution in [0.3, 0.4) is 0 Å². The third-order valence-electron chi connectivity index (χ3n) is 11.6. The molecule has 1 aliphatic carbocycles. The Hall–Kier alpha value is -3.87. The molecule has 294 valence electrons. The van der Waals surface area contributed by atoms with Crippen molar-refractivity contribution in [2.45, 2.75) is 77.0 Å². The summed E-state index contributed by atoms with van der Waals surface area (Å²) in [5.74, 6) is -0.447. The zero-order valence-corrected chi connectivity index (χ0v) is 35.0. The zero-order valence-electron chi connectivity index (χ0n) is 33.2. The minimum absolute atomic E-state index is 0.169. The van der Waals surface area contributed by atoms with Crippen molar-refractivity contribution in [2.24, 2.45) is 0 Å². The average molecular weight is 786 g/mol.